The predicted octanol–water partition coefficient (Wildman–Crippen LogP) is 4.13. The number of fused-ring (bicyclic) bond motifs is 1. The van der Waals surface area contributed by atoms with Gasteiger partial charge in [-0.25, -0.2) is 0 Å². The maximum absolute atomic E-state index is 3.76. The Labute approximate surface area is 121 Å². The molecule has 0 aromatic heterocycles. The van der Waals surface area contributed by atoms with Gasteiger partial charge >= 0.3 is 0 Å². The first kappa shape index (κ1) is 13.4. The molecule has 106 valence electrons. The molecule has 1 heterocycles. The summed E-state index contributed by atoms with van der Waals surface area (Å²) in [5.41, 5.74) is 1.29. The zero-order valence-corrected chi connectivity index (χ0v) is 12.3. The molecule has 0 radical (unpaired) electrons. The van der Waals surface area contributed by atoms with E-state index in [9.17, 15) is 0 Å². The molecule has 1 fully saturated rings. The van der Waals surface area contributed by atoms with Crippen LogP contribution in [-0.4, -0.2) is 30.6 Å². The topological polar surface area (TPSA) is 15.3 Å². The lowest BCUT2D eigenvalue weighted by Gasteiger charge is -2.32. The highest BCUT2D eigenvalue weighted by molar-refractivity contribution is 5.93. The Morgan fingerprint density at radius 1 is 1.05 bits per heavy atom. The van der Waals surface area contributed by atoms with Gasteiger partial charge in [-0.2, -0.15) is 0 Å². The number of hydrogen-bond acceptors (Lipinski definition) is 2. The third-order valence-corrected chi connectivity index (χ3v) is 4.28. The third-order valence-electron chi connectivity index (χ3n) is 4.28. The fourth-order valence-corrected chi connectivity index (χ4v) is 3.19. The van der Waals surface area contributed by atoms with E-state index in [1.807, 2.05) is 0 Å². The molecule has 2 nitrogen and oxygen atoms in total. The summed E-state index contributed by atoms with van der Waals surface area (Å²) in [6, 6.07) is 15.8. The maximum atomic E-state index is 3.76. The molecular formula is C18H24N2. The van der Waals surface area contributed by atoms with E-state index in [0.29, 0.717) is 6.04 Å². The molecule has 1 aliphatic rings. The van der Waals surface area contributed by atoms with Crippen LogP contribution in [-0.2, 0) is 0 Å². The van der Waals surface area contributed by atoms with Gasteiger partial charge in [0.15, 0.2) is 0 Å². The summed E-state index contributed by atoms with van der Waals surface area (Å²) >= 11 is 0. The average molecular weight is 268 g/mol. The molecule has 0 saturated carbocycles. The number of anilines is 1. The summed E-state index contributed by atoms with van der Waals surface area (Å²) in [6.45, 7) is 5.98. The van der Waals surface area contributed by atoms with Gasteiger partial charge in [0.1, 0.15) is 0 Å². The van der Waals surface area contributed by atoms with E-state index in [0.717, 1.165) is 0 Å². The van der Waals surface area contributed by atoms with Crippen molar-refractivity contribution in [3.63, 3.8) is 0 Å². The molecule has 0 spiro atoms. The van der Waals surface area contributed by atoms with E-state index in [1.54, 1.807) is 0 Å². The van der Waals surface area contributed by atoms with Crippen LogP contribution in [0.15, 0.2) is 42.5 Å². The van der Waals surface area contributed by atoms with Gasteiger partial charge in [0.25, 0.3) is 0 Å². The average Bonchev–Trinajstić information content (AvgIpc) is 2.50. The zero-order valence-electron chi connectivity index (χ0n) is 12.3. The summed E-state index contributed by atoms with van der Waals surface area (Å²) in [5.74, 6) is 0. The van der Waals surface area contributed by atoms with Gasteiger partial charge in [0.05, 0.1) is 0 Å². The van der Waals surface area contributed by atoms with Crippen LogP contribution < -0.4 is 5.32 Å². The Kier molecular flexibility index (Phi) is 4.22. The highest BCUT2D eigenvalue weighted by Crippen LogP contribution is 2.25. The molecule has 0 atom stereocenters. The SMILES string of the molecule is CCCN1CCC(Nc2cccc3ccccc23)CC1. The van der Waals surface area contributed by atoms with Gasteiger partial charge in [-0.3, -0.25) is 0 Å². The number of benzene rings is 2. The van der Waals surface area contributed by atoms with Gasteiger partial charge < -0.3 is 10.2 Å². The van der Waals surface area contributed by atoms with Crippen molar-refractivity contribution in [1.82, 2.24) is 4.90 Å². The molecule has 1 aliphatic heterocycles. The van der Waals surface area contributed by atoms with E-state index in [2.05, 4.69) is 59.6 Å². The van der Waals surface area contributed by atoms with Crippen LogP contribution in [0.3, 0.4) is 0 Å². The smallest absolute Gasteiger partial charge is 0.0422 e. The van der Waals surface area contributed by atoms with E-state index >= 15 is 0 Å². The molecule has 1 saturated heterocycles. The molecular weight excluding hydrogens is 244 g/mol. The quantitative estimate of drug-likeness (QED) is 0.897. The van der Waals surface area contributed by atoms with Crippen LogP contribution in [0.5, 0.6) is 0 Å². The predicted molar refractivity (Wildman–Crippen MR) is 87.3 cm³/mol. The molecule has 2 heteroatoms. The maximum Gasteiger partial charge on any atom is 0.0422 e. The van der Waals surface area contributed by atoms with Crippen molar-refractivity contribution in [2.24, 2.45) is 0 Å². The highest BCUT2D eigenvalue weighted by atomic mass is 15.1. The molecule has 2 aromatic rings. The largest absolute Gasteiger partial charge is 0.382 e. The summed E-state index contributed by atoms with van der Waals surface area (Å²) in [7, 11) is 0. The fraction of sp³-hybridized carbons (Fsp3) is 0.444. The first-order chi connectivity index (χ1) is 9.86. The number of piperidine rings is 1. The zero-order chi connectivity index (χ0) is 13.8. The first-order valence-electron chi connectivity index (χ1n) is 7.83. The van der Waals surface area contributed by atoms with Crippen LogP contribution in [0.2, 0.25) is 0 Å². The molecule has 2 aromatic carbocycles. The van der Waals surface area contributed by atoms with Gasteiger partial charge in [0.2, 0.25) is 0 Å². The second kappa shape index (κ2) is 6.27. The second-order valence-electron chi connectivity index (χ2n) is 5.79. The Morgan fingerprint density at radius 2 is 1.80 bits per heavy atom. The minimum absolute atomic E-state index is 0.619. The Hall–Kier alpha value is -1.54. The molecule has 3 rings (SSSR count). The van der Waals surface area contributed by atoms with Crippen molar-refractivity contribution in [2.45, 2.75) is 32.2 Å². The molecule has 0 unspecified atom stereocenters. The Morgan fingerprint density at radius 3 is 2.60 bits per heavy atom. The van der Waals surface area contributed by atoms with Gasteiger partial charge in [-0.1, -0.05) is 43.3 Å². The van der Waals surface area contributed by atoms with Crippen LogP contribution >= 0.6 is 0 Å². The van der Waals surface area contributed by atoms with Crippen LogP contribution in [0.1, 0.15) is 26.2 Å². The number of nitrogens with one attached hydrogen (secondary N) is 1. The summed E-state index contributed by atoms with van der Waals surface area (Å²) < 4.78 is 0. The van der Waals surface area contributed by atoms with Crippen molar-refractivity contribution in [2.75, 3.05) is 25.0 Å². The number of hydrogen-bond donors (Lipinski definition) is 1. The molecule has 0 bridgehead atoms. The van der Waals surface area contributed by atoms with Crippen LogP contribution in [0, 0.1) is 0 Å². The van der Waals surface area contributed by atoms with E-state index in [1.165, 1.54) is 55.4 Å². The monoisotopic (exact) mass is 268 g/mol. The van der Waals surface area contributed by atoms with Crippen molar-refractivity contribution < 1.29 is 0 Å². The van der Waals surface area contributed by atoms with E-state index < -0.39 is 0 Å². The Bertz CT molecular complexity index is 551. The van der Waals surface area contributed by atoms with Gasteiger partial charge in [0, 0.05) is 30.2 Å². The van der Waals surface area contributed by atoms with Crippen molar-refractivity contribution in [1.29, 1.82) is 0 Å². The Balaban J connectivity index is 1.68. The van der Waals surface area contributed by atoms with Crippen LogP contribution in [0.4, 0.5) is 5.69 Å². The fourth-order valence-electron chi connectivity index (χ4n) is 3.19. The van der Waals surface area contributed by atoms with E-state index in [-0.39, 0.29) is 0 Å². The van der Waals surface area contributed by atoms with Crippen molar-refractivity contribution in [3.05, 3.63) is 42.5 Å². The lowest BCUT2D eigenvalue weighted by molar-refractivity contribution is 0.219. The molecule has 0 amide bonds. The molecule has 1 N–H and O–H groups in total. The lowest BCUT2D eigenvalue weighted by atomic mass is 10.0. The molecule has 0 aliphatic carbocycles. The summed E-state index contributed by atoms with van der Waals surface area (Å²) in [5, 5.41) is 6.42. The minimum Gasteiger partial charge on any atom is -0.382 e. The van der Waals surface area contributed by atoms with E-state index in [4.69, 9.17) is 0 Å². The second-order valence-corrected chi connectivity index (χ2v) is 5.79. The summed E-state index contributed by atoms with van der Waals surface area (Å²) in [4.78, 5) is 2.58. The normalized spacial score (nSPS) is 17.4. The first-order valence-corrected chi connectivity index (χ1v) is 7.83. The summed E-state index contributed by atoms with van der Waals surface area (Å²) in [6.07, 6.45) is 3.77. The minimum atomic E-state index is 0.619. The van der Waals surface area contributed by atoms with Crippen molar-refractivity contribution in [3.8, 4) is 0 Å². The number of nitrogens with zero attached hydrogens (tertiary/aromatic N) is 1. The lowest BCUT2D eigenvalue weighted by Crippen LogP contribution is -2.39. The van der Waals surface area contributed by atoms with Crippen molar-refractivity contribution >= 4 is 16.5 Å². The number of likely N-dealkylation sites (tertiary alicyclic amines) is 1. The third kappa shape index (κ3) is 2.96. The van der Waals surface area contributed by atoms with Crippen LogP contribution in [0.25, 0.3) is 10.8 Å². The van der Waals surface area contributed by atoms with Gasteiger partial charge in [-0.05, 0) is 37.3 Å². The highest BCUT2D eigenvalue weighted by Gasteiger charge is 2.18. The van der Waals surface area contributed by atoms with Gasteiger partial charge in [-0.15, -0.1) is 0 Å². The standard InChI is InChI=1S/C18H24N2/c1-2-12-20-13-10-16(11-14-20)19-18-9-5-7-15-6-3-4-8-17(15)18/h3-9,16,19H,2,10-14H2,1H3. The molecule has 20 heavy (non-hydrogen) atoms. The number of rotatable bonds is 4.